The van der Waals surface area contributed by atoms with Crippen LogP contribution in [0.4, 0.5) is 11.4 Å². The average molecular weight is 502 g/mol. The number of nitrogens with one attached hydrogen (secondary N) is 1. The van der Waals surface area contributed by atoms with Gasteiger partial charge < -0.3 is 19.9 Å². The Morgan fingerprint density at radius 2 is 1.75 bits per heavy atom. The summed E-state index contributed by atoms with van der Waals surface area (Å²) in [6.07, 6.45) is 0.996. The van der Waals surface area contributed by atoms with Crippen molar-refractivity contribution >= 4 is 34.8 Å². The number of benzene rings is 3. The lowest BCUT2D eigenvalue weighted by molar-refractivity contribution is -0.126. The number of amides is 2. The summed E-state index contributed by atoms with van der Waals surface area (Å²) in [5.41, 5.74) is 7.01. The molecule has 3 aromatic carbocycles. The van der Waals surface area contributed by atoms with Crippen LogP contribution in [0.15, 0.2) is 66.7 Å². The maximum absolute atomic E-state index is 13.0. The van der Waals surface area contributed by atoms with E-state index in [2.05, 4.69) is 46.6 Å². The third kappa shape index (κ3) is 4.47. The smallest absolute Gasteiger partial charge is 0.227 e. The van der Waals surface area contributed by atoms with Crippen molar-refractivity contribution in [3.05, 3.63) is 82.9 Å². The minimum atomic E-state index is -0.362. The summed E-state index contributed by atoms with van der Waals surface area (Å²) < 4.78 is 5.89. The highest BCUT2D eigenvalue weighted by molar-refractivity contribution is 6.30. The molecule has 1 N–H and O–H groups in total. The fraction of sp³-hybridized carbons (Fsp3) is 0.310. The Balaban J connectivity index is 1.06. The number of morpholine rings is 1. The van der Waals surface area contributed by atoms with Crippen molar-refractivity contribution in [3.8, 4) is 11.1 Å². The monoisotopic (exact) mass is 501 g/mol. The minimum absolute atomic E-state index is 0.00607. The second kappa shape index (κ2) is 9.60. The van der Waals surface area contributed by atoms with Crippen LogP contribution in [0.3, 0.4) is 0 Å². The van der Waals surface area contributed by atoms with Crippen molar-refractivity contribution in [2.24, 2.45) is 5.92 Å². The van der Waals surface area contributed by atoms with E-state index in [1.807, 2.05) is 30.3 Å². The zero-order valence-electron chi connectivity index (χ0n) is 20.0. The van der Waals surface area contributed by atoms with Gasteiger partial charge in [0.2, 0.25) is 11.8 Å². The van der Waals surface area contributed by atoms with Gasteiger partial charge in [-0.05, 0) is 65.1 Å². The van der Waals surface area contributed by atoms with Crippen LogP contribution in [-0.4, -0.2) is 50.7 Å². The topological polar surface area (TPSA) is 61.9 Å². The Kier molecular flexibility index (Phi) is 6.15. The van der Waals surface area contributed by atoms with Gasteiger partial charge in [0.05, 0.1) is 18.6 Å². The Hall–Kier alpha value is -3.35. The normalized spacial score (nSPS) is 20.9. The molecule has 0 spiro atoms. The molecule has 0 aromatic heterocycles. The van der Waals surface area contributed by atoms with Gasteiger partial charge in [-0.1, -0.05) is 41.9 Å². The van der Waals surface area contributed by atoms with E-state index in [1.165, 1.54) is 22.3 Å². The van der Waals surface area contributed by atoms with Crippen LogP contribution in [-0.2, 0) is 20.7 Å². The molecule has 1 aliphatic carbocycles. The van der Waals surface area contributed by atoms with Gasteiger partial charge in [0.15, 0.2) is 0 Å². The Bertz CT molecular complexity index is 1310. The van der Waals surface area contributed by atoms with E-state index in [4.69, 9.17) is 16.3 Å². The predicted molar refractivity (Wildman–Crippen MR) is 142 cm³/mol. The molecule has 0 bridgehead atoms. The van der Waals surface area contributed by atoms with Crippen molar-refractivity contribution in [1.29, 1.82) is 0 Å². The largest absolute Gasteiger partial charge is 0.373 e. The van der Waals surface area contributed by atoms with Gasteiger partial charge in [-0.25, -0.2) is 0 Å². The summed E-state index contributed by atoms with van der Waals surface area (Å²) in [7, 11) is 0. The molecule has 0 radical (unpaired) electrons. The molecule has 2 saturated heterocycles. The maximum atomic E-state index is 13.0. The third-order valence-electron chi connectivity index (χ3n) is 7.42. The second-order valence-electron chi connectivity index (χ2n) is 9.74. The fourth-order valence-corrected chi connectivity index (χ4v) is 5.65. The Morgan fingerprint density at radius 3 is 2.61 bits per heavy atom. The molecule has 2 amide bonds. The lowest BCUT2D eigenvalue weighted by Crippen LogP contribution is -2.48. The number of rotatable bonds is 5. The van der Waals surface area contributed by atoms with E-state index in [0.29, 0.717) is 31.3 Å². The first-order chi connectivity index (χ1) is 17.5. The molecule has 2 fully saturated rings. The summed E-state index contributed by atoms with van der Waals surface area (Å²) in [6.45, 7) is 2.91. The van der Waals surface area contributed by atoms with Crippen LogP contribution >= 0.6 is 11.6 Å². The first kappa shape index (κ1) is 23.1. The number of nitrogens with zero attached hydrogens (tertiary/aromatic N) is 2. The number of ether oxygens (including phenoxy) is 1. The van der Waals surface area contributed by atoms with Gasteiger partial charge in [0.25, 0.3) is 0 Å². The van der Waals surface area contributed by atoms with Gasteiger partial charge in [-0.3, -0.25) is 9.59 Å². The van der Waals surface area contributed by atoms with Crippen molar-refractivity contribution in [2.75, 3.05) is 42.6 Å². The van der Waals surface area contributed by atoms with Crippen LogP contribution in [0.1, 0.15) is 17.5 Å². The Labute approximate surface area is 215 Å². The van der Waals surface area contributed by atoms with E-state index in [0.717, 1.165) is 24.3 Å². The van der Waals surface area contributed by atoms with Gasteiger partial charge >= 0.3 is 0 Å². The predicted octanol–water partition coefficient (Wildman–Crippen LogP) is 4.29. The zero-order chi connectivity index (χ0) is 24.6. The van der Waals surface area contributed by atoms with Crippen LogP contribution in [0, 0.1) is 5.92 Å². The highest BCUT2D eigenvalue weighted by Gasteiger charge is 2.36. The van der Waals surface area contributed by atoms with Crippen molar-refractivity contribution in [1.82, 2.24) is 5.32 Å². The second-order valence-corrected chi connectivity index (χ2v) is 10.2. The first-order valence-electron chi connectivity index (χ1n) is 12.5. The summed E-state index contributed by atoms with van der Waals surface area (Å²) >= 11 is 6.01. The van der Waals surface area contributed by atoms with E-state index < -0.39 is 0 Å². The van der Waals surface area contributed by atoms with Gasteiger partial charge in [0.1, 0.15) is 0 Å². The van der Waals surface area contributed by atoms with Crippen LogP contribution in [0.5, 0.6) is 0 Å². The molecule has 2 unspecified atom stereocenters. The van der Waals surface area contributed by atoms with Gasteiger partial charge in [-0.15, -0.1) is 0 Å². The minimum Gasteiger partial charge on any atom is -0.373 e. The number of anilines is 2. The Morgan fingerprint density at radius 1 is 0.972 bits per heavy atom. The molecule has 2 atom stereocenters. The van der Waals surface area contributed by atoms with Crippen LogP contribution < -0.4 is 15.1 Å². The lowest BCUT2D eigenvalue weighted by Gasteiger charge is -2.34. The summed E-state index contributed by atoms with van der Waals surface area (Å²) in [6, 6.07) is 22.4. The van der Waals surface area contributed by atoms with E-state index >= 15 is 0 Å². The number of fused-ring (bicyclic) bond motifs is 3. The molecular weight excluding hydrogens is 474 g/mol. The summed E-state index contributed by atoms with van der Waals surface area (Å²) in [5.74, 6) is -0.459. The highest BCUT2D eigenvalue weighted by Crippen LogP contribution is 2.39. The average Bonchev–Trinajstić information content (AvgIpc) is 3.48. The fourth-order valence-electron chi connectivity index (χ4n) is 5.52. The lowest BCUT2D eigenvalue weighted by atomic mass is 10.1. The molecule has 36 heavy (non-hydrogen) atoms. The van der Waals surface area contributed by atoms with E-state index in [1.54, 1.807) is 4.90 Å². The van der Waals surface area contributed by atoms with Crippen molar-refractivity contribution in [2.45, 2.75) is 18.9 Å². The van der Waals surface area contributed by atoms with Crippen LogP contribution in [0.25, 0.3) is 11.1 Å². The maximum Gasteiger partial charge on any atom is 0.227 e. The van der Waals surface area contributed by atoms with Crippen LogP contribution in [0.2, 0.25) is 5.02 Å². The van der Waals surface area contributed by atoms with Gasteiger partial charge in [-0.2, -0.15) is 0 Å². The molecule has 6 rings (SSSR count). The quantitative estimate of drug-likeness (QED) is 0.443. The van der Waals surface area contributed by atoms with E-state index in [9.17, 15) is 9.59 Å². The third-order valence-corrected chi connectivity index (χ3v) is 7.67. The molecular formula is C29H28ClN3O3. The number of carbonyl (C=O) groups excluding carboxylic acids is 2. The standard InChI is InChI=1S/C29H28ClN3O3/c30-22-5-7-23(8-6-22)32-11-12-36-25(18-32)16-31-29(35)21-15-28(34)33(17-21)24-9-10-27-20(14-24)13-19-3-1-2-4-26(19)27/h1-10,14,21,25H,11-13,15-18H2,(H,31,35). The number of halogens is 1. The summed E-state index contributed by atoms with van der Waals surface area (Å²) in [4.78, 5) is 29.8. The molecule has 7 heteroatoms. The zero-order valence-corrected chi connectivity index (χ0v) is 20.7. The molecule has 6 nitrogen and oxygen atoms in total. The molecule has 2 heterocycles. The number of hydrogen-bond acceptors (Lipinski definition) is 4. The van der Waals surface area contributed by atoms with Crippen molar-refractivity contribution < 1.29 is 14.3 Å². The SMILES string of the molecule is O=C(NCC1CN(c2ccc(Cl)cc2)CCO1)C1CC(=O)N(c2ccc3c(c2)Cc2ccccc2-3)C1. The molecule has 184 valence electrons. The van der Waals surface area contributed by atoms with E-state index in [-0.39, 0.29) is 30.3 Å². The molecule has 2 aliphatic heterocycles. The molecule has 3 aliphatic rings. The molecule has 0 saturated carbocycles. The molecule has 3 aromatic rings. The highest BCUT2D eigenvalue weighted by atomic mass is 35.5. The number of carbonyl (C=O) groups is 2. The van der Waals surface area contributed by atoms with Gasteiger partial charge in [0, 0.05) is 49.0 Å². The first-order valence-corrected chi connectivity index (χ1v) is 12.8. The number of hydrogen-bond donors (Lipinski definition) is 1. The van der Waals surface area contributed by atoms with Crippen molar-refractivity contribution in [3.63, 3.8) is 0 Å². The summed E-state index contributed by atoms with van der Waals surface area (Å²) in [5, 5.41) is 3.74.